The Kier molecular flexibility index (Phi) is 7.63. The molecule has 4 rings (SSSR count). The van der Waals surface area contributed by atoms with Crippen LogP contribution < -0.4 is 16.4 Å². The second kappa shape index (κ2) is 10.7. The highest BCUT2D eigenvalue weighted by molar-refractivity contribution is 5.86. The van der Waals surface area contributed by atoms with Gasteiger partial charge in [-0.3, -0.25) is 9.59 Å². The summed E-state index contributed by atoms with van der Waals surface area (Å²) >= 11 is 0. The van der Waals surface area contributed by atoms with E-state index < -0.39 is 64.9 Å². The van der Waals surface area contributed by atoms with Crippen LogP contribution in [0.4, 0.5) is 40.8 Å². The van der Waals surface area contributed by atoms with Gasteiger partial charge in [0.05, 0.1) is 34.9 Å². The smallest absolute Gasteiger partial charge is 0.381 e. The van der Waals surface area contributed by atoms with E-state index in [4.69, 9.17) is 0 Å². The van der Waals surface area contributed by atoms with Crippen molar-refractivity contribution in [3.63, 3.8) is 0 Å². The quantitative estimate of drug-likeness (QED) is 0.303. The molecule has 2 N–H and O–H groups in total. The van der Waals surface area contributed by atoms with Crippen LogP contribution in [0.2, 0.25) is 0 Å². The van der Waals surface area contributed by atoms with Crippen molar-refractivity contribution in [1.82, 2.24) is 24.7 Å². The molecule has 16 heteroatoms. The van der Waals surface area contributed by atoms with Gasteiger partial charge in [0.25, 0.3) is 11.1 Å². The van der Waals surface area contributed by atoms with Gasteiger partial charge < -0.3 is 9.88 Å². The van der Waals surface area contributed by atoms with Gasteiger partial charge >= 0.3 is 12.4 Å². The number of hydrogen-bond donors (Lipinski definition) is 2. The van der Waals surface area contributed by atoms with Crippen LogP contribution in [0, 0.1) is 5.82 Å². The molecule has 2 atom stereocenters. The Balaban J connectivity index is 1.51. The number of nitrogens with zero attached hydrogens (tertiary/aromatic N) is 4. The number of halogens is 8. The van der Waals surface area contributed by atoms with Gasteiger partial charge in [0.2, 0.25) is 0 Å². The lowest BCUT2D eigenvalue weighted by molar-refractivity contribution is -0.139. The van der Waals surface area contributed by atoms with E-state index in [1.54, 1.807) is 5.10 Å². The van der Waals surface area contributed by atoms with Crippen LogP contribution in [0.25, 0.3) is 22.2 Å². The molecule has 2 unspecified atom stereocenters. The van der Waals surface area contributed by atoms with Gasteiger partial charge in [0, 0.05) is 31.1 Å². The standard InChI is InChI=1S/C24H18F8N6O2/c1-11(36-18-9-35-37-21(39)19(18)24(30,31)32)4-14(25)10-38-3-2-12-5-16(17(26)6-15(12)22(38)40)20-33-7-13(8-34-20)23(27,28)29/h2-3,5-9,11,14H,4,10H2,1H3,(H2,36,37,39). The van der Waals surface area contributed by atoms with Crippen LogP contribution in [0.5, 0.6) is 0 Å². The number of fused-ring (bicyclic) bond motifs is 1. The Labute approximate surface area is 218 Å². The third kappa shape index (κ3) is 6.10. The second-order valence-electron chi connectivity index (χ2n) is 8.85. The molecule has 0 amide bonds. The molecular weight excluding hydrogens is 556 g/mol. The van der Waals surface area contributed by atoms with E-state index in [0.717, 1.165) is 16.8 Å². The molecule has 0 aliphatic heterocycles. The minimum absolute atomic E-state index is 0.154. The van der Waals surface area contributed by atoms with Gasteiger partial charge in [-0.15, -0.1) is 0 Å². The first kappa shape index (κ1) is 28.6. The van der Waals surface area contributed by atoms with E-state index in [1.807, 2.05) is 0 Å². The fourth-order valence-corrected chi connectivity index (χ4v) is 4.02. The predicted octanol–water partition coefficient (Wildman–Crippen LogP) is 4.95. The Morgan fingerprint density at radius 3 is 2.33 bits per heavy atom. The normalized spacial score (nSPS) is 13.8. The number of aromatic amines is 1. The zero-order chi connectivity index (χ0) is 29.4. The highest BCUT2D eigenvalue weighted by Gasteiger charge is 2.37. The summed E-state index contributed by atoms with van der Waals surface area (Å²) in [6.07, 6.45) is -8.82. The van der Waals surface area contributed by atoms with Crippen molar-refractivity contribution in [2.75, 3.05) is 5.32 Å². The van der Waals surface area contributed by atoms with E-state index in [0.29, 0.717) is 12.4 Å². The molecule has 1 aromatic carbocycles. The molecule has 0 saturated heterocycles. The molecule has 0 bridgehead atoms. The van der Waals surface area contributed by atoms with Crippen LogP contribution in [0.15, 0.2) is 52.6 Å². The number of pyridine rings is 1. The molecule has 4 aromatic rings. The Morgan fingerprint density at radius 1 is 1.02 bits per heavy atom. The number of alkyl halides is 7. The average Bonchev–Trinajstić information content (AvgIpc) is 2.84. The minimum Gasteiger partial charge on any atom is -0.381 e. The topological polar surface area (TPSA) is 106 Å². The van der Waals surface area contributed by atoms with E-state index in [9.17, 15) is 44.7 Å². The summed E-state index contributed by atoms with van der Waals surface area (Å²) in [6.45, 7) is 0.850. The Morgan fingerprint density at radius 2 is 1.70 bits per heavy atom. The summed E-state index contributed by atoms with van der Waals surface area (Å²) in [5.41, 5.74) is -5.78. The zero-order valence-electron chi connectivity index (χ0n) is 20.2. The molecule has 3 heterocycles. The van der Waals surface area contributed by atoms with E-state index in [1.165, 1.54) is 25.3 Å². The molecular formula is C24H18F8N6O2. The molecule has 8 nitrogen and oxygen atoms in total. The number of benzene rings is 1. The van der Waals surface area contributed by atoms with Gasteiger partial charge in [-0.2, -0.15) is 31.4 Å². The summed E-state index contributed by atoms with van der Waals surface area (Å²) < 4.78 is 108. The third-order valence-electron chi connectivity index (χ3n) is 5.83. The molecule has 40 heavy (non-hydrogen) atoms. The Hall–Kier alpha value is -4.37. The van der Waals surface area contributed by atoms with Crippen molar-refractivity contribution in [2.24, 2.45) is 0 Å². The lowest BCUT2D eigenvalue weighted by Crippen LogP contribution is -2.30. The molecule has 0 saturated carbocycles. The monoisotopic (exact) mass is 574 g/mol. The lowest BCUT2D eigenvalue weighted by atomic mass is 10.1. The maximum Gasteiger partial charge on any atom is 0.423 e. The molecule has 212 valence electrons. The molecule has 0 aliphatic rings. The van der Waals surface area contributed by atoms with E-state index in [-0.39, 0.29) is 28.6 Å². The zero-order valence-corrected chi connectivity index (χ0v) is 20.2. The van der Waals surface area contributed by atoms with Crippen LogP contribution >= 0.6 is 0 Å². The fourth-order valence-electron chi connectivity index (χ4n) is 4.02. The van der Waals surface area contributed by atoms with Gasteiger partial charge in [0.1, 0.15) is 17.6 Å². The summed E-state index contributed by atoms with van der Waals surface area (Å²) in [5, 5.41) is 7.45. The highest BCUT2D eigenvalue weighted by atomic mass is 19.4. The molecule has 0 radical (unpaired) electrons. The number of rotatable bonds is 7. The van der Waals surface area contributed by atoms with Gasteiger partial charge in [-0.05, 0) is 30.5 Å². The third-order valence-corrected chi connectivity index (χ3v) is 5.83. The average molecular weight is 574 g/mol. The van der Waals surface area contributed by atoms with Crippen molar-refractivity contribution in [3.05, 3.63) is 80.6 Å². The summed E-state index contributed by atoms with van der Waals surface area (Å²) in [7, 11) is 0. The molecule has 0 fully saturated rings. The number of aromatic nitrogens is 5. The highest BCUT2D eigenvalue weighted by Crippen LogP contribution is 2.32. The number of hydrogen-bond acceptors (Lipinski definition) is 6. The Bertz CT molecular complexity index is 1650. The first-order valence-electron chi connectivity index (χ1n) is 11.4. The van der Waals surface area contributed by atoms with Crippen molar-refractivity contribution >= 4 is 16.5 Å². The van der Waals surface area contributed by atoms with Crippen LogP contribution in [-0.2, 0) is 18.9 Å². The van der Waals surface area contributed by atoms with Crippen molar-refractivity contribution in [1.29, 1.82) is 0 Å². The number of nitrogens with one attached hydrogen (secondary N) is 2. The van der Waals surface area contributed by atoms with E-state index in [2.05, 4.69) is 20.4 Å². The fraction of sp³-hybridized carbons (Fsp3) is 0.292. The predicted molar refractivity (Wildman–Crippen MR) is 127 cm³/mol. The summed E-state index contributed by atoms with van der Waals surface area (Å²) in [5.74, 6) is -1.34. The van der Waals surface area contributed by atoms with Crippen LogP contribution in [0.3, 0.4) is 0 Å². The van der Waals surface area contributed by atoms with Crippen molar-refractivity contribution in [2.45, 2.75) is 44.5 Å². The van der Waals surface area contributed by atoms with Crippen LogP contribution in [0.1, 0.15) is 24.5 Å². The second-order valence-corrected chi connectivity index (χ2v) is 8.85. The first-order chi connectivity index (χ1) is 18.6. The van der Waals surface area contributed by atoms with Crippen molar-refractivity contribution < 1.29 is 35.1 Å². The number of H-pyrrole nitrogens is 1. The van der Waals surface area contributed by atoms with Gasteiger partial charge in [-0.25, -0.2) is 23.8 Å². The number of anilines is 1. The van der Waals surface area contributed by atoms with Gasteiger partial charge in [-0.1, -0.05) is 0 Å². The van der Waals surface area contributed by atoms with E-state index >= 15 is 0 Å². The SMILES string of the molecule is CC(CC(F)Cn1ccc2cc(-c3ncc(C(F)(F)F)cn3)c(F)cc2c1=O)Nc1cn[nH]c(=O)c1C(F)(F)F. The molecule has 0 spiro atoms. The van der Waals surface area contributed by atoms with Crippen LogP contribution in [-0.4, -0.2) is 36.9 Å². The maximum atomic E-state index is 14.8. The maximum absolute atomic E-state index is 14.8. The summed E-state index contributed by atoms with van der Waals surface area (Å²) in [4.78, 5) is 31.6. The molecule has 3 aromatic heterocycles. The first-order valence-corrected chi connectivity index (χ1v) is 11.4. The van der Waals surface area contributed by atoms with Crippen molar-refractivity contribution in [3.8, 4) is 11.4 Å². The minimum atomic E-state index is -4.99. The molecule has 0 aliphatic carbocycles. The lowest BCUT2D eigenvalue weighted by Gasteiger charge is -2.20. The van der Waals surface area contributed by atoms with Gasteiger partial charge in [0.15, 0.2) is 5.82 Å². The summed E-state index contributed by atoms with van der Waals surface area (Å²) in [6, 6.07) is 2.45. The largest absolute Gasteiger partial charge is 0.423 e.